The number of ether oxygens (including phenoxy) is 1. The van der Waals surface area contributed by atoms with Gasteiger partial charge < -0.3 is 14.7 Å². The van der Waals surface area contributed by atoms with Gasteiger partial charge >= 0.3 is 18.1 Å². The van der Waals surface area contributed by atoms with Crippen molar-refractivity contribution < 1.29 is 32.6 Å². The van der Waals surface area contributed by atoms with E-state index in [9.17, 15) is 22.8 Å². The lowest BCUT2D eigenvalue weighted by Crippen LogP contribution is -2.52. The molecule has 1 N–H and O–H groups in total. The van der Waals surface area contributed by atoms with Crippen molar-refractivity contribution in [3.05, 3.63) is 0 Å². The maximum Gasteiger partial charge on any atom is 0.471 e. The Labute approximate surface area is 94.1 Å². The van der Waals surface area contributed by atoms with E-state index >= 15 is 0 Å². The number of carbonyl (C=O) groups is 2. The number of halogens is 3. The molecule has 96 valence electrons. The highest BCUT2D eigenvalue weighted by Gasteiger charge is 2.63. The highest BCUT2D eigenvalue weighted by molar-refractivity contribution is 5.82. The zero-order valence-electron chi connectivity index (χ0n) is 8.66. The average Bonchev–Trinajstić information content (AvgIpc) is 2.90. The topological polar surface area (TPSA) is 66.8 Å². The minimum Gasteiger partial charge on any atom is -0.481 e. The third-order valence-corrected chi connectivity index (χ3v) is 3.06. The van der Waals surface area contributed by atoms with E-state index in [1.54, 1.807) is 0 Å². The maximum atomic E-state index is 12.2. The molecule has 0 aromatic heterocycles. The van der Waals surface area contributed by atoms with E-state index < -0.39 is 29.6 Å². The number of nitrogens with zero attached hydrogens (tertiary/aromatic N) is 1. The van der Waals surface area contributed by atoms with Gasteiger partial charge in [-0.1, -0.05) is 0 Å². The molecule has 1 saturated heterocycles. The lowest BCUT2D eigenvalue weighted by atomic mass is 10.2. The highest BCUT2D eigenvalue weighted by Crippen LogP contribution is 2.49. The van der Waals surface area contributed by atoms with Gasteiger partial charge in [-0.15, -0.1) is 0 Å². The fourth-order valence-corrected chi connectivity index (χ4v) is 2.09. The van der Waals surface area contributed by atoms with Crippen LogP contribution in [0.1, 0.15) is 6.42 Å². The molecule has 1 heterocycles. The highest BCUT2D eigenvalue weighted by atomic mass is 19.4. The van der Waals surface area contributed by atoms with Gasteiger partial charge in [-0.05, 0) is 6.42 Å². The Morgan fingerprint density at radius 3 is 2.53 bits per heavy atom. The van der Waals surface area contributed by atoms with E-state index in [2.05, 4.69) is 0 Å². The molecular weight excluding hydrogens is 243 g/mol. The number of morpholine rings is 1. The molecular formula is C9H10F3NO4. The van der Waals surface area contributed by atoms with Crippen molar-refractivity contribution in [1.82, 2.24) is 4.90 Å². The summed E-state index contributed by atoms with van der Waals surface area (Å²) in [7, 11) is 0. The molecule has 1 amide bonds. The zero-order chi connectivity index (χ0) is 12.8. The van der Waals surface area contributed by atoms with Gasteiger partial charge in [-0.25, -0.2) is 0 Å². The fourth-order valence-electron chi connectivity index (χ4n) is 2.09. The average molecular weight is 253 g/mol. The van der Waals surface area contributed by atoms with Crippen molar-refractivity contribution in [1.29, 1.82) is 0 Å². The van der Waals surface area contributed by atoms with Crippen LogP contribution in [0, 0.1) is 5.92 Å². The van der Waals surface area contributed by atoms with Crippen LogP contribution in [0.5, 0.6) is 0 Å². The van der Waals surface area contributed by atoms with Crippen molar-refractivity contribution in [3.63, 3.8) is 0 Å². The maximum absolute atomic E-state index is 12.2. The first-order valence-corrected chi connectivity index (χ1v) is 4.99. The van der Waals surface area contributed by atoms with E-state index in [1.807, 2.05) is 0 Å². The second-order valence-electron chi connectivity index (χ2n) is 4.23. The molecule has 0 aromatic carbocycles. The van der Waals surface area contributed by atoms with Gasteiger partial charge in [-0.3, -0.25) is 9.59 Å². The summed E-state index contributed by atoms with van der Waals surface area (Å²) in [4.78, 5) is 22.3. The third-order valence-electron chi connectivity index (χ3n) is 3.06. The molecule has 1 aliphatic heterocycles. The van der Waals surface area contributed by atoms with Gasteiger partial charge in [0.15, 0.2) is 0 Å². The first-order valence-electron chi connectivity index (χ1n) is 4.99. The molecule has 2 aliphatic rings. The van der Waals surface area contributed by atoms with Crippen LogP contribution in [0.25, 0.3) is 0 Å². The van der Waals surface area contributed by atoms with Crippen LogP contribution in [-0.2, 0) is 14.3 Å². The first kappa shape index (κ1) is 12.2. The van der Waals surface area contributed by atoms with Gasteiger partial charge in [0.2, 0.25) is 0 Å². The Balaban J connectivity index is 2.05. The van der Waals surface area contributed by atoms with E-state index in [0.29, 0.717) is 4.90 Å². The molecule has 1 saturated carbocycles. The van der Waals surface area contributed by atoms with Crippen molar-refractivity contribution in [2.75, 3.05) is 19.7 Å². The van der Waals surface area contributed by atoms with E-state index in [-0.39, 0.29) is 26.1 Å². The molecule has 2 rings (SSSR count). The summed E-state index contributed by atoms with van der Waals surface area (Å²) in [5.41, 5.74) is -1.11. The molecule has 5 nitrogen and oxygen atoms in total. The van der Waals surface area contributed by atoms with Gasteiger partial charge in [0.1, 0.15) is 5.60 Å². The van der Waals surface area contributed by atoms with Crippen LogP contribution in [0.2, 0.25) is 0 Å². The molecule has 2 atom stereocenters. The number of carboxylic acids is 1. The summed E-state index contributed by atoms with van der Waals surface area (Å²) in [5, 5.41) is 8.75. The summed E-state index contributed by atoms with van der Waals surface area (Å²) in [6.07, 6.45) is -4.77. The molecule has 1 spiro atoms. The summed E-state index contributed by atoms with van der Waals surface area (Å²) in [6.45, 7) is -0.527. The number of alkyl halides is 3. The van der Waals surface area contributed by atoms with Crippen LogP contribution in [0.3, 0.4) is 0 Å². The minimum absolute atomic E-state index is 0.0639. The van der Waals surface area contributed by atoms with E-state index in [1.165, 1.54) is 0 Å². The number of hydrogen-bond acceptors (Lipinski definition) is 3. The number of aliphatic carboxylic acids is 1. The van der Waals surface area contributed by atoms with E-state index in [4.69, 9.17) is 9.84 Å². The van der Waals surface area contributed by atoms with Crippen LogP contribution in [0.15, 0.2) is 0 Å². The molecule has 2 unspecified atom stereocenters. The number of amides is 1. The lowest BCUT2D eigenvalue weighted by molar-refractivity contribution is -0.193. The Morgan fingerprint density at radius 1 is 1.41 bits per heavy atom. The molecule has 0 bridgehead atoms. The second-order valence-corrected chi connectivity index (χ2v) is 4.23. The number of hydrogen-bond donors (Lipinski definition) is 1. The summed E-state index contributed by atoms with van der Waals surface area (Å²) >= 11 is 0. The van der Waals surface area contributed by atoms with Crippen LogP contribution < -0.4 is 0 Å². The van der Waals surface area contributed by atoms with Crippen molar-refractivity contribution in [2.24, 2.45) is 5.92 Å². The molecule has 0 radical (unpaired) electrons. The van der Waals surface area contributed by atoms with Crippen LogP contribution in [-0.4, -0.2) is 53.4 Å². The Bertz CT molecular complexity index is 370. The summed E-state index contributed by atoms with van der Waals surface area (Å²) in [5.74, 6) is -3.85. The van der Waals surface area contributed by atoms with Gasteiger partial charge in [0.05, 0.1) is 19.1 Å². The number of rotatable bonds is 1. The van der Waals surface area contributed by atoms with Gasteiger partial charge in [-0.2, -0.15) is 13.2 Å². The standard InChI is InChI=1S/C9H10F3NO4/c10-9(11,12)7(16)13-1-2-17-8(4-13)3-5(8)6(14)15/h5H,1-4H2,(H,14,15). The number of carboxylic acid groups (broad SMARTS) is 1. The normalized spacial score (nSPS) is 32.6. The Kier molecular flexibility index (Phi) is 2.57. The molecule has 17 heavy (non-hydrogen) atoms. The predicted molar refractivity (Wildman–Crippen MR) is 47.1 cm³/mol. The summed E-state index contributed by atoms with van der Waals surface area (Å²) in [6, 6.07) is 0. The van der Waals surface area contributed by atoms with Crippen LogP contribution >= 0.6 is 0 Å². The Hall–Kier alpha value is -1.31. The second kappa shape index (κ2) is 3.59. The fraction of sp³-hybridized carbons (Fsp3) is 0.778. The SMILES string of the molecule is O=C(O)C1CC12CN(C(=O)C(F)(F)F)CCO2. The largest absolute Gasteiger partial charge is 0.481 e. The smallest absolute Gasteiger partial charge is 0.471 e. The molecule has 1 aliphatic carbocycles. The predicted octanol–water partition coefficient (Wildman–Crippen LogP) is 0.251. The monoisotopic (exact) mass is 253 g/mol. The molecule has 0 aromatic rings. The quantitative estimate of drug-likeness (QED) is 0.727. The zero-order valence-corrected chi connectivity index (χ0v) is 8.66. The third kappa shape index (κ3) is 2.08. The molecule has 8 heteroatoms. The van der Waals surface area contributed by atoms with Gasteiger partial charge in [0.25, 0.3) is 0 Å². The van der Waals surface area contributed by atoms with Gasteiger partial charge in [0, 0.05) is 6.54 Å². The van der Waals surface area contributed by atoms with E-state index in [0.717, 1.165) is 0 Å². The Morgan fingerprint density at radius 2 is 2.06 bits per heavy atom. The van der Waals surface area contributed by atoms with Crippen molar-refractivity contribution in [3.8, 4) is 0 Å². The van der Waals surface area contributed by atoms with Crippen molar-refractivity contribution in [2.45, 2.75) is 18.2 Å². The first-order chi connectivity index (χ1) is 7.76. The number of carbonyl (C=O) groups excluding carboxylic acids is 1. The minimum atomic E-state index is -4.92. The summed E-state index contributed by atoms with van der Waals surface area (Å²) < 4.78 is 41.8. The van der Waals surface area contributed by atoms with Crippen LogP contribution in [0.4, 0.5) is 13.2 Å². The molecule has 2 fully saturated rings. The lowest BCUT2D eigenvalue weighted by Gasteiger charge is -2.33. The van der Waals surface area contributed by atoms with Crippen molar-refractivity contribution >= 4 is 11.9 Å².